The molecule has 0 unspecified atom stereocenters. The van der Waals surface area contributed by atoms with Gasteiger partial charge in [0.1, 0.15) is 11.7 Å². The maximum atomic E-state index is 11.4. The molecule has 0 aromatic heterocycles. The summed E-state index contributed by atoms with van der Waals surface area (Å²) in [7, 11) is 0. The zero-order valence-electron chi connectivity index (χ0n) is 13.5. The number of carbonyl (C=O) groups is 1. The van der Waals surface area contributed by atoms with Gasteiger partial charge in [-0.15, -0.1) is 0 Å². The third kappa shape index (κ3) is 1.71. The highest BCUT2D eigenvalue weighted by Crippen LogP contribution is 2.67. The van der Waals surface area contributed by atoms with Gasteiger partial charge >= 0.3 is 5.97 Å². The van der Waals surface area contributed by atoms with Gasteiger partial charge in [0.15, 0.2) is 0 Å². The Kier molecular flexibility index (Phi) is 3.03. The molecule has 2 saturated heterocycles. The van der Waals surface area contributed by atoms with Crippen LogP contribution in [0.3, 0.4) is 0 Å². The van der Waals surface area contributed by atoms with Gasteiger partial charge in [-0.2, -0.15) is 0 Å². The van der Waals surface area contributed by atoms with Gasteiger partial charge in [0, 0.05) is 12.3 Å². The van der Waals surface area contributed by atoms with Gasteiger partial charge in [0.25, 0.3) is 0 Å². The molecule has 0 N–H and O–H groups in total. The van der Waals surface area contributed by atoms with Gasteiger partial charge in [-0.05, 0) is 50.9 Å². The van der Waals surface area contributed by atoms with Crippen LogP contribution >= 0.6 is 0 Å². The number of ether oxygens (including phenoxy) is 2. The van der Waals surface area contributed by atoms with Gasteiger partial charge in [0.05, 0.1) is 5.60 Å². The molecule has 1 saturated carbocycles. The highest BCUT2D eigenvalue weighted by molar-refractivity contribution is 5.66. The molecule has 3 fully saturated rings. The second kappa shape index (κ2) is 4.22. The smallest absolute Gasteiger partial charge is 0.303 e. The third-order valence-corrected chi connectivity index (χ3v) is 6.47. The van der Waals surface area contributed by atoms with Crippen molar-refractivity contribution in [2.75, 3.05) is 0 Å². The minimum atomic E-state index is -0.275. The SMILES string of the molecule is CC(=O)O[C@@H]1C[C@]2(C)CC[C@H](C(C)C)[C@]23CC[C@@]1(C)O3. The van der Waals surface area contributed by atoms with Crippen molar-refractivity contribution >= 4 is 5.97 Å². The van der Waals surface area contributed by atoms with Crippen LogP contribution in [-0.2, 0) is 14.3 Å². The number of rotatable bonds is 2. The lowest BCUT2D eigenvalue weighted by Gasteiger charge is -2.53. The van der Waals surface area contributed by atoms with Crippen LogP contribution in [0.1, 0.15) is 66.7 Å². The first kappa shape index (κ1) is 14.4. The second-order valence-electron chi connectivity index (χ2n) is 8.06. The minimum absolute atomic E-state index is 0.0204. The first-order valence-corrected chi connectivity index (χ1v) is 8.10. The first-order chi connectivity index (χ1) is 9.22. The van der Waals surface area contributed by atoms with Crippen LogP contribution in [0.2, 0.25) is 0 Å². The van der Waals surface area contributed by atoms with Crippen LogP contribution in [-0.4, -0.2) is 23.3 Å². The summed E-state index contributed by atoms with van der Waals surface area (Å²) in [6.45, 7) is 10.7. The molecule has 0 aromatic rings. The van der Waals surface area contributed by atoms with Crippen LogP contribution < -0.4 is 0 Å². The van der Waals surface area contributed by atoms with Crippen LogP contribution in [0, 0.1) is 17.3 Å². The van der Waals surface area contributed by atoms with Crippen LogP contribution in [0.15, 0.2) is 0 Å². The van der Waals surface area contributed by atoms with E-state index in [1.165, 1.54) is 19.8 Å². The lowest BCUT2D eigenvalue weighted by atomic mass is 9.66. The highest BCUT2D eigenvalue weighted by atomic mass is 16.6. The lowest BCUT2D eigenvalue weighted by molar-refractivity contribution is -0.252. The van der Waals surface area contributed by atoms with Crippen molar-refractivity contribution in [1.82, 2.24) is 0 Å². The average Bonchev–Trinajstić information content (AvgIpc) is 2.78. The molecule has 1 aliphatic carbocycles. The van der Waals surface area contributed by atoms with Gasteiger partial charge in [-0.1, -0.05) is 20.8 Å². The van der Waals surface area contributed by atoms with E-state index in [2.05, 4.69) is 27.7 Å². The largest absolute Gasteiger partial charge is 0.459 e. The highest BCUT2D eigenvalue weighted by Gasteiger charge is 2.70. The molecule has 3 nitrogen and oxygen atoms in total. The van der Waals surface area contributed by atoms with E-state index in [1.807, 2.05) is 0 Å². The minimum Gasteiger partial charge on any atom is -0.459 e. The van der Waals surface area contributed by atoms with E-state index in [1.54, 1.807) is 0 Å². The van der Waals surface area contributed by atoms with E-state index in [4.69, 9.17) is 9.47 Å². The van der Waals surface area contributed by atoms with E-state index in [9.17, 15) is 4.79 Å². The van der Waals surface area contributed by atoms with Crippen molar-refractivity contribution in [2.45, 2.75) is 84.0 Å². The Morgan fingerprint density at radius 2 is 1.95 bits per heavy atom. The molecule has 2 aliphatic heterocycles. The molecule has 1 spiro atoms. The summed E-state index contributed by atoms with van der Waals surface area (Å²) in [5, 5.41) is 0. The van der Waals surface area contributed by atoms with Gasteiger partial charge in [-0.3, -0.25) is 4.79 Å². The standard InChI is InChI=1S/C17H28O3/c1-11(2)13-6-7-15(4)10-14(19-12(3)18)16(5)8-9-17(13,15)20-16/h11,13-14H,6-10H2,1-5H3/t13-,14-,15+,16-,17-/m1/s1. The average molecular weight is 280 g/mol. The summed E-state index contributed by atoms with van der Waals surface area (Å²) in [5.74, 6) is 1.12. The Morgan fingerprint density at radius 3 is 2.55 bits per heavy atom. The maximum absolute atomic E-state index is 11.4. The number of fused-ring (bicyclic) bond motifs is 1. The molecule has 2 bridgehead atoms. The molecule has 20 heavy (non-hydrogen) atoms. The van der Waals surface area contributed by atoms with Crippen molar-refractivity contribution in [1.29, 1.82) is 0 Å². The number of carbonyl (C=O) groups excluding carboxylic acids is 1. The molecule has 5 atom stereocenters. The van der Waals surface area contributed by atoms with Gasteiger partial charge in [-0.25, -0.2) is 0 Å². The zero-order chi connectivity index (χ0) is 14.8. The van der Waals surface area contributed by atoms with Crippen molar-refractivity contribution in [3.05, 3.63) is 0 Å². The Bertz CT molecular complexity index is 432. The summed E-state index contributed by atoms with van der Waals surface area (Å²) >= 11 is 0. The fourth-order valence-corrected chi connectivity index (χ4v) is 5.37. The number of hydrogen-bond donors (Lipinski definition) is 0. The number of hydrogen-bond acceptors (Lipinski definition) is 3. The van der Waals surface area contributed by atoms with E-state index < -0.39 is 0 Å². The molecule has 0 radical (unpaired) electrons. The van der Waals surface area contributed by atoms with Crippen LogP contribution in [0.5, 0.6) is 0 Å². The molecule has 3 heteroatoms. The van der Waals surface area contributed by atoms with Crippen molar-refractivity contribution in [3.8, 4) is 0 Å². The Hall–Kier alpha value is -0.570. The molecular weight excluding hydrogens is 252 g/mol. The quantitative estimate of drug-likeness (QED) is 0.723. The van der Waals surface area contributed by atoms with E-state index >= 15 is 0 Å². The summed E-state index contributed by atoms with van der Waals surface area (Å²) in [5.41, 5.74) is -0.0900. The molecule has 2 heterocycles. The van der Waals surface area contributed by atoms with Gasteiger partial charge < -0.3 is 9.47 Å². The third-order valence-electron chi connectivity index (χ3n) is 6.47. The van der Waals surface area contributed by atoms with E-state index in [0.717, 1.165) is 19.3 Å². The van der Waals surface area contributed by atoms with Crippen molar-refractivity contribution in [3.63, 3.8) is 0 Å². The molecule has 114 valence electrons. The fourth-order valence-electron chi connectivity index (χ4n) is 5.37. The van der Waals surface area contributed by atoms with Crippen LogP contribution in [0.4, 0.5) is 0 Å². The summed E-state index contributed by atoms with van der Waals surface area (Å²) < 4.78 is 12.3. The Morgan fingerprint density at radius 1 is 1.25 bits per heavy atom. The monoisotopic (exact) mass is 280 g/mol. The van der Waals surface area contributed by atoms with E-state index in [-0.39, 0.29) is 28.7 Å². The predicted octanol–water partition coefficient (Wildman–Crippen LogP) is 3.70. The molecule has 3 aliphatic rings. The summed E-state index contributed by atoms with van der Waals surface area (Å²) in [4.78, 5) is 11.4. The topological polar surface area (TPSA) is 35.5 Å². The molecule has 0 aromatic carbocycles. The van der Waals surface area contributed by atoms with Crippen LogP contribution in [0.25, 0.3) is 0 Å². The molecule has 3 rings (SSSR count). The van der Waals surface area contributed by atoms with Gasteiger partial charge in [0.2, 0.25) is 0 Å². The van der Waals surface area contributed by atoms with E-state index in [0.29, 0.717) is 11.8 Å². The predicted molar refractivity (Wildman–Crippen MR) is 77.3 cm³/mol. The van der Waals surface area contributed by atoms with Crippen molar-refractivity contribution < 1.29 is 14.3 Å². The maximum Gasteiger partial charge on any atom is 0.303 e. The van der Waals surface area contributed by atoms with Crippen molar-refractivity contribution in [2.24, 2.45) is 17.3 Å². The zero-order valence-corrected chi connectivity index (χ0v) is 13.5. The first-order valence-electron chi connectivity index (χ1n) is 8.10. The summed E-state index contributed by atoms with van der Waals surface area (Å²) in [6, 6.07) is 0. The normalized spacial score (nSPS) is 50.3. The summed E-state index contributed by atoms with van der Waals surface area (Å²) in [6.07, 6.45) is 5.48. The Balaban J connectivity index is 1.96. The molecule has 0 amide bonds. The Labute approximate surface area is 122 Å². The second-order valence-corrected chi connectivity index (χ2v) is 8.06. The molecular formula is C17H28O3. The number of esters is 1. The lowest BCUT2D eigenvalue weighted by Crippen LogP contribution is -2.59. The fraction of sp³-hybridized carbons (Fsp3) is 0.941.